The Kier molecular flexibility index (Phi) is 32.6. The molecule has 1 saturated heterocycles. The molecule has 0 amide bonds. The van der Waals surface area contributed by atoms with Crippen LogP contribution >= 0.6 is 0 Å². The van der Waals surface area contributed by atoms with Crippen molar-refractivity contribution in [3.63, 3.8) is 0 Å². The molecule has 1 aliphatic rings. The summed E-state index contributed by atoms with van der Waals surface area (Å²) >= 11 is 0. The molecule has 6 atom stereocenters. The van der Waals surface area contributed by atoms with Gasteiger partial charge in [0.2, 0.25) is 0 Å². The second kappa shape index (κ2) is 34.9. The maximum atomic E-state index is 12.7. The van der Waals surface area contributed by atoms with Crippen LogP contribution in [-0.4, -0.2) is 89.0 Å². The van der Waals surface area contributed by atoms with Crippen LogP contribution in [0, 0.1) is 0 Å². The van der Waals surface area contributed by atoms with Crippen molar-refractivity contribution in [1.82, 2.24) is 0 Å². The number of carbonyl (C=O) groups excluding carboxylic acids is 2. The minimum atomic E-state index is -1.59. The first kappa shape index (κ1) is 49.5. The van der Waals surface area contributed by atoms with Crippen LogP contribution in [-0.2, 0) is 28.5 Å². The van der Waals surface area contributed by atoms with E-state index in [-0.39, 0.29) is 32.0 Å². The van der Waals surface area contributed by atoms with Crippen LogP contribution in [0.1, 0.15) is 194 Å². The summed E-state index contributed by atoms with van der Waals surface area (Å²) in [5.74, 6) is -0.805. The molecular weight excluding hydrogens is 676 g/mol. The number of rotatable bonds is 36. The number of esters is 2. The fraction of sp³-hybridized carbons (Fsp3) is 0.907. The Balaban J connectivity index is 2.32. The predicted molar refractivity (Wildman–Crippen MR) is 210 cm³/mol. The summed E-state index contributed by atoms with van der Waals surface area (Å²) in [6.07, 6.45) is 27.9. The fourth-order valence-corrected chi connectivity index (χ4v) is 6.65. The van der Waals surface area contributed by atoms with E-state index in [9.17, 15) is 30.0 Å². The molecule has 0 aromatic carbocycles. The highest BCUT2D eigenvalue weighted by molar-refractivity contribution is 5.70. The summed E-state index contributed by atoms with van der Waals surface area (Å²) in [4.78, 5) is 25.2. The number of allylic oxidation sites excluding steroid dienone is 2. The smallest absolute Gasteiger partial charge is 0.306 e. The first-order chi connectivity index (χ1) is 25.8. The first-order valence-corrected chi connectivity index (χ1v) is 21.8. The molecule has 1 rings (SSSR count). The van der Waals surface area contributed by atoms with Crippen LogP contribution in [0.2, 0.25) is 0 Å². The van der Waals surface area contributed by atoms with Crippen LogP contribution in [0.3, 0.4) is 0 Å². The molecule has 10 nitrogen and oxygen atoms in total. The quantitative estimate of drug-likeness (QED) is 0.0277. The van der Waals surface area contributed by atoms with Gasteiger partial charge in [-0.2, -0.15) is 0 Å². The van der Waals surface area contributed by atoms with Gasteiger partial charge in [0.1, 0.15) is 31.0 Å². The first-order valence-electron chi connectivity index (χ1n) is 21.8. The van der Waals surface area contributed by atoms with Crippen molar-refractivity contribution in [3.05, 3.63) is 12.2 Å². The molecule has 4 N–H and O–H groups in total. The van der Waals surface area contributed by atoms with Crippen LogP contribution in [0.5, 0.6) is 0 Å². The van der Waals surface area contributed by atoms with E-state index in [1.807, 2.05) is 0 Å². The van der Waals surface area contributed by atoms with Gasteiger partial charge in [-0.15, -0.1) is 0 Å². The summed E-state index contributed by atoms with van der Waals surface area (Å²) in [5, 5.41) is 40.0. The largest absolute Gasteiger partial charge is 0.462 e. The highest BCUT2D eigenvalue weighted by Gasteiger charge is 2.44. The van der Waals surface area contributed by atoms with E-state index >= 15 is 0 Å². The molecule has 0 aromatic heterocycles. The Labute approximate surface area is 322 Å². The molecule has 1 fully saturated rings. The molecule has 1 heterocycles. The molecule has 53 heavy (non-hydrogen) atoms. The van der Waals surface area contributed by atoms with Crippen molar-refractivity contribution < 1.29 is 49.0 Å². The normalized spacial score (nSPS) is 20.9. The predicted octanol–water partition coefficient (Wildman–Crippen LogP) is 8.78. The molecule has 10 heteroatoms. The molecule has 0 spiro atoms. The number of unbranched alkanes of at least 4 members (excludes halogenated alkanes) is 23. The molecule has 0 saturated carbocycles. The third-order valence-corrected chi connectivity index (χ3v) is 10.2. The molecule has 0 aromatic rings. The third kappa shape index (κ3) is 26.8. The number of aliphatic hydroxyl groups is 4. The highest BCUT2D eigenvalue weighted by atomic mass is 16.7. The van der Waals surface area contributed by atoms with Crippen LogP contribution < -0.4 is 0 Å². The van der Waals surface area contributed by atoms with E-state index in [0.717, 1.165) is 51.4 Å². The van der Waals surface area contributed by atoms with Crippen LogP contribution in [0.4, 0.5) is 0 Å². The number of aliphatic hydroxyl groups excluding tert-OH is 4. The van der Waals surface area contributed by atoms with Gasteiger partial charge >= 0.3 is 11.9 Å². The zero-order valence-corrected chi connectivity index (χ0v) is 33.8. The van der Waals surface area contributed by atoms with Crippen molar-refractivity contribution >= 4 is 11.9 Å². The van der Waals surface area contributed by atoms with Crippen molar-refractivity contribution in [3.8, 4) is 0 Å². The van der Waals surface area contributed by atoms with Gasteiger partial charge in [0.05, 0.1) is 13.2 Å². The van der Waals surface area contributed by atoms with E-state index in [2.05, 4.69) is 26.0 Å². The summed E-state index contributed by atoms with van der Waals surface area (Å²) in [6.45, 7) is 3.41. The lowest BCUT2D eigenvalue weighted by molar-refractivity contribution is -0.305. The molecule has 312 valence electrons. The number of carbonyl (C=O) groups is 2. The monoisotopic (exact) mass is 757 g/mol. The van der Waals surface area contributed by atoms with Crippen molar-refractivity contribution in [2.45, 2.75) is 230 Å². The van der Waals surface area contributed by atoms with Gasteiger partial charge in [0.25, 0.3) is 0 Å². The van der Waals surface area contributed by atoms with Crippen LogP contribution in [0.15, 0.2) is 12.2 Å². The van der Waals surface area contributed by atoms with Crippen molar-refractivity contribution in [2.24, 2.45) is 0 Å². The minimum absolute atomic E-state index is 0.215. The zero-order valence-electron chi connectivity index (χ0n) is 33.8. The van der Waals surface area contributed by atoms with Crippen LogP contribution in [0.25, 0.3) is 0 Å². The summed E-state index contributed by atoms with van der Waals surface area (Å²) in [5.41, 5.74) is 0. The summed E-state index contributed by atoms with van der Waals surface area (Å²) in [6, 6.07) is 0. The lowest BCUT2D eigenvalue weighted by Crippen LogP contribution is -2.59. The average molecular weight is 757 g/mol. The zero-order chi connectivity index (χ0) is 38.8. The number of ether oxygens (including phenoxy) is 4. The Morgan fingerprint density at radius 1 is 0.566 bits per heavy atom. The summed E-state index contributed by atoms with van der Waals surface area (Å²) in [7, 11) is 0. The van der Waals surface area contributed by atoms with Gasteiger partial charge in [0, 0.05) is 12.8 Å². The van der Waals surface area contributed by atoms with E-state index in [1.54, 1.807) is 0 Å². The molecule has 0 bridgehead atoms. The Morgan fingerprint density at radius 3 is 1.47 bits per heavy atom. The second-order valence-electron chi connectivity index (χ2n) is 15.2. The average Bonchev–Trinajstić information content (AvgIpc) is 3.15. The van der Waals surface area contributed by atoms with Gasteiger partial charge in [-0.25, -0.2) is 0 Å². The third-order valence-electron chi connectivity index (χ3n) is 10.2. The molecule has 1 aliphatic heterocycles. The van der Waals surface area contributed by atoms with E-state index in [0.29, 0.717) is 6.42 Å². The molecular formula is C43H80O10. The van der Waals surface area contributed by atoms with E-state index in [4.69, 9.17) is 18.9 Å². The van der Waals surface area contributed by atoms with E-state index in [1.165, 1.54) is 109 Å². The lowest BCUT2D eigenvalue weighted by Gasteiger charge is -2.39. The Bertz CT molecular complexity index is 881. The SMILES string of the molecule is CCCCCCCC/C=C/CCCCCCCCCC(=O)OC[C@@H](CO[C@H]1O[C@@H](CO)[C@@H](O)C(O)C1O)OC(=O)CCCCCCCCCCCCC. The second-order valence-corrected chi connectivity index (χ2v) is 15.2. The standard InChI is InChI=1S/C43H80O10/c1-3-5-7-9-11-13-15-16-17-18-19-20-22-23-25-27-29-31-38(45)50-34-36(35-51-43-42(49)41(48)40(47)37(33-44)53-43)52-39(46)32-30-28-26-24-21-14-12-10-8-6-4-2/h16-17,36-37,40-44,47-49H,3-15,18-35H2,1-2H3/b17-16+/t36-,37-,40+,41?,42?,43-/m0/s1. The van der Waals surface area contributed by atoms with Gasteiger partial charge < -0.3 is 39.4 Å². The van der Waals surface area contributed by atoms with Crippen molar-refractivity contribution in [1.29, 1.82) is 0 Å². The topological polar surface area (TPSA) is 152 Å². The van der Waals surface area contributed by atoms with Gasteiger partial charge in [-0.1, -0.05) is 154 Å². The summed E-state index contributed by atoms with van der Waals surface area (Å²) < 4.78 is 22.1. The minimum Gasteiger partial charge on any atom is -0.462 e. The van der Waals surface area contributed by atoms with Crippen molar-refractivity contribution in [2.75, 3.05) is 19.8 Å². The van der Waals surface area contributed by atoms with Gasteiger partial charge in [-0.05, 0) is 38.5 Å². The maximum absolute atomic E-state index is 12.7. The molecule has 0 aliphatic carbocycles. The van der Waals surface area contributed by atoms with Gasteiger partial charge in [0.15, 0.2) is 12.4 Å². The van der Waals surface area contributed by atoms with E-state index < -0.39 is 49.4 Å². The highest BCUT2D eigenvalue weighted by Crippen LogP contribution is 2.23. The number of hydrogen-bond donors (Lipinski definition) is 4. The Hall–Kier alpha value is -1.56. The number of hydrogen-bond acceptors (Lipinski definition) is 10. The molecule has 2 unspecified atom stereocenters. The van der Waals surface area contributed by atoms with Gasteiger partial charge in [-0.3, -0.25) is 9.59 Å². The molecule has 0 radical (unpaired) electrons. The lowest BCUT2D eigenvalue weighted by atomic mass is 9.99. The maximum Gasteiger partial charge on any atom is 0.306 e. The fourth-order valence-electron chi connectivity index (χ4n) is 6.65. The Morgan fingerprint density at radius 2 is 1.00 bits per heavy atom.